The maximum Gasteiger partial charge on any atom is 0.230 e. The van der Waals surface area contributed by atoms with Gasteiger partial charge in [0.1, 0.15) is 5.78 Å². The highest BCUT2D eigenvalue weighted by atomic mass is 16.5. The highest BCUT2D eigenvalue weighted by molar-refractivity contribution is 5.79. The molecule has 1 aromatic carbocycles. The van der Waals surface area contributed by atoms with Crippen LogP contribution >= 0.6 is 0 Å². The minimum atomic E-state index is -0.141. The Hall–Kier alpha value is -2.50. The lowest BCUT2D eigenvalue weighted by Gasteiger charge is -2.24. The van der Waals surface area contributed by atoms with Gasteiger partial charge in [-0.2, -0.15) is 4.98 Å². The standard InChI is InChI=1S/C18H21N3O3/c1-12-9-14(22)7-8-15(12)18-20-16(21-24-18)10-17(23)19-11-13-5-3-2-4-6-13/h2-6,12,15H,7-11H2,1H3,(H,19,23)/t12-,15-/m0/s1. The van der Waals surface area contributed by atoms with Gasteiger partial charge in [-0.1, -0.05) is 42.4 Å². The fraction of sp³-hybridized carbons (Fsp3) is 0.444. The summed E-state index contributed by atoms with van der Waals surface area (Å²) in [5.41, 5.74) is 1.04. The van der Waals surface area contributed by atoms with Crippen molar-refractivity contribution >= 4 is 11.7 Å². The number of nitrogens with one attached hydrogen (secondary N) is 1. The van der Waals surface area contributed by atoms with Crippen LogP contribution in [0, 0.1) is 5.92 Å². The quantitative estimate of drug-likeness (QED) is 0.911. The molecule has 126 valence electrons. The van der Waals surface area contributed by atoms with Crippen molar-refractivity contribution in [2.45, 2.75) is 45.1 Å². The largest absolute Gasteiger partial charge is 0.352 e. The van der Waals surface area contributed by atoms with Crippen molar-refractivity contribution in [3.63, 3.8) is 0 Å². The molecule has 1 N–H and O–H groups in total. The first-order valence-corrected chi connectivity index (χ1v) is 8.26. The number of nitrogens with zero attached hydrogens (tertiary/aromatic N) is 2. The Bertz CT molecular complexity index is 711. The predicted octanol–water partition coefficient (Wildman–Crippen LogP) is 2.40. The summed E-state index contributed by atoms with van der Waals surface area (Å²) in [6.07, 6.45) is 1.95. The maximum atomic E-state index is 12.0. The molecule has 0 aliphatic heterocycles. The number of ketones is 1. The Morgan fingerprint density at radius 1 is 1.33 bits per heavy atom. The van der Waals surface area contributed by atoms with Crippen LogP contribution in [0.2, 0.25) is 0 Å². The van der Waals surface area contributed by atoms with Gasteiger partial charge in [-0.3, -0.25) is 9.59 Å². The molecule has 0 spiro atoms. The molecule has 1 fully saturated rings. The maximum absolute atomic E-state index is 12.0. The van der Waals surface area contributed by atoms with Crippen molar-refractivity contribution in [3.8, 4) is 0 Å². The Morgan fingerprint density at radius 2 is 2.12 bits per heavy atom. The Morgan fingerprint density at radius 3 is 2.88 bits per heavy atom. The van der Waals surface area contributed by atoms with Gasteiger partial charge >= 0.3 is 0 Å². The second kappa shape index (κ2) is 7.38. The average Bonchev–Trinajstić information content (AvgIpc) is 3.02. The Kier molecular flexibility index (Phi) is 5.03. The van der Waals surface area contributed by atoms with Gasteiger partial charge in [-0.15, -0.1) is 0 Å². The second-order valence-electron chi connectivity index (χ2n) is 6.35. The van der Waals surface area contributed by atoms with E-state index in [2.05, 4.69) is 15.5 Å². The number of rotatable bonds is 5. The van der Waals surface area contributed by atoms with Gasteiger partial charge in [-0.25, -0.2) is 0 Å². The lowest BCUT2D eigenvalue weighted by Crippen LogP contribution is -2.25. The molecule has 6 nitrogen and oxygen atoms in total. The van der Waals surface area contributed by atoms with Gasteiger partial charge in [0.15, 0.2) is 5.82 Å². The zero-order valence-electron chi connectivity index (χ0n) is 13.7. The lowest BCUT2D eigenvalue weighted by molar-refractivity contribution is -0.122. The third-order valence-electron chi connectivity index (χ3n) is 4.42. The Labute approximate surface area is 140 Å². The second-order valence-corrected chi connectivity index (χ2v) is 6.35. The van der Waals surface area contributed by atoms with Crippen molar-refractivity contribution in [2.75, 3.05) is 0 Å². The number of hydrogen-bond donors (Lipinski definition) is 1. The molecule has 1 amide bonds. The molecule has 0 bridgehead atoms. The molecular weight excluding hydrogens is 306 g/mol. The van der Waals surface area contributed by atoms with E-state index in [9.17, 15) is 9.59 Å². The molecule has 1 aliphatic rings. The molecule has 0 unspecified atom stereocenters. The highest BCUT2D eigenvalue weighted by Gasteiger charge is 2.31. The molecule has 0 saturated heterocycles. The first-order valence-electron chi connectivity index (χ1n) is 8.26. The van der Waals surface area contributed by atoms with Crippen molar-refractivity contribution in [1.29, 1.82) is 0 Å². The predicted molar refractivity (Wildman–Crippen MR) is 87.1 cm³/mol. The third kappa shape index (κ3) is 4.07. The highest BCUT2D eigenvalue weighted by Crippen LogP contribution is 2.35. The summed E-state index contributed by atoms with van der Waals surface area (Å²) in [5, 5.41) is 6.75. The van der Waals surface area contributed by atoms with Crippen molar-refractivity contribution in [3.05, 3.63) is 47.6 Å². The number of aromatic nitrogens is 2. The van der Waals surface area contributed by atoms with Crippen LogP contribution in [0.3, 0.4) is 0 Å². The number of amides is 1. The summed E-state index contributed by atoms with van der Waals surface area (Å²) >= 11 is 0. The van der Waals surface area contributed by atoms with Crippen LogP contribution in [-0.4, -0.2) is 21.8 Å². The van der Waals surface area contributed by atoms with Gasteiger partial charge in [-0.05, 0) is 17.9 Å². The van der Waals surface area contributed by atoms with Gasteiger partial charge in [0.05, 0.1) is 6.42 Å². The fourth-order valence-electron chi connectivity index (χ4n) is 3.06. The summed E-state index contributed by atoms with van der Waals surface area (Å²) in [4.78, 5) is 27.8. The van der Waals surface area contributed by atoms with Crippen molar-refractivity contribution in [1.82, 2.24) is 15.5 Å². The SMILES string of the molecule is C[C@H]1CC(=O)CC[C@@H]1c1nc(CC(=O)NCc2ccccc2)no1. The van der Waals surface area contributed by atoms with E-state index in [-0.39, 0.29) is 24.2 Å². The fourth-order valence-corrected chi connectivity index (χ4v) is 3.06. The van der Waals surface area contributed by atoms with Gasteiger partial charge in [0.2, 0.25) is 11.8 Å². The summed E-state index contributed by atoms with van der Waals surface area (Å²) in [6, 6.07) is 9.72. The molecule has 1 saturated carbocycles. The molecule has 2 atom stereocenters. The first kappa shape index (κ1) is 16.4. The van der Waals surface area contributed by atoms with E-state index in [0.29, 0.717) is 36.9 Å². The van der Waals surface area contributed by atoms with Crippen LogP contribution in [0.15, 0.2) is 34.9 Å². The zero-order chi connectivity index (χ0) is 16.9. The smallest absolute Gasteiger partial charge is 0.230 e. The molecule has 1 aromatic heterocycles. The number of carbonyl (C=O) groups excluding carboxylic acids is 2. The van der Waals surface area contributed by atoms with Crippen molar-refractivity contribution < 1.29 is 14.1 Å². The minimum Gasteiger partial charge on any atom is -0.352 e. The van der Waals surface area contributed by atoms with E-state index in [1.165, 1.54) is 0 Å². The number of benzene rings is 1. The molecular formula is C18H21N3O3. The normalized spacial score (nSPS) is 20.8. The molecule has 1 aliphatic carbocycles. The number of hydrogen-bond acceptors (Lipinski definition) is 5. The van der Waals surface area contributed by atoms with E-state index < -0.39 is 0 Å². The molecule has 2 aromatic rings. The van der Waals surface area contributed by atoms with Gasteiger partial charge in [0.25, 0.3) is 0 Å². The van der Waals surface area contributed by atoms with Gasteiger partial charge < -0.3 is 9.84 Å². The van der Waals surface area contributed by atoms with Crippen LogP contribution in [0.4, 0.5) is 0 Å². The lowest BCUT2D eigenvalue weighted by atomic mass is 9.80. The van der Waals surface area contributed by atoms with Crippen LogP contribution in [0.5, 0.6) is 0 Å². The summed E-state index contributed by atoms with van der Waals surface area (Å²) in [7, 11) is 0. The van der Waals surface area contributed by atoms with Gasteiger partial charge in [0, 0.05) is 25.3 Å². The van der Waals surface area contributed by atoms with Crippen LogP contribution in [0.25, 0.3) is 0 Å². The number of carbonyl (C=O) groups is 2. The summed E-state index contributed by atoms with van der Waals surface area (Å²) < 4.78 is 5.32. The molecule has 24 heavy (non-hydrogen) atoms. The zero-order valence-corrected chi connectivity index (χ0v) is 13.7. The van der Waals surface area contributed by atoms with E-state index in [0.717, 1.165) is 12.0 Å². The monoisotopic (exact) mass is 327 g/mol. The van der Waals surface area contributed by atoms with E-state index >= 15 is 0 Å². The van der Waals surface area contributed by atoms with Crippen LogP contribution in [-0.2, 0) is 22.6 Å². The Balaban J connectivity index is 1.54. The third-order valence-corrected chi connectivity index (χ3v) is 4.42. The first-order chi connectivity index (χ1) is 11.6. The molecule has 6 heteroatoms. The van der Waals surface area contributed by atoms with E-state index in [4.69, 9.17) is 4.52 Å². The van der Waals surface area contributed by atoms with E-state index in [1.54, 1.807) is 0 Å². The van der Waals surface area contributed by atoms with Crippen molar-refractivity contribution in [2.24, 2.45) is 5.92 Å². The summed E-state index contributed by atoms with van der Waals surface area (Å²) in [5.74, 6) is 1.39. The summed E-state index contributed by atoms with van der Waals surface area (Å²) in [6.45, 7) is 2.50. The molecule has 1 heterocycles. The molecule has 3 rings (SSSR count). The van der Waals surface area contributed by atoms with E-state index in [1.807, 2.05) is 37.3 Å². The van der Waals surface area contributed by atoms with Crippen LogP contribution < -0.4 is 5.32 Å². The van der Waals surface area contributed by atoms with Crippen LogP contribution in [0.1, 0.15) is 49.4 Å². The molecule has 0 radical (unpaired) electrons. The minimum absolute atomic E-state index is 0.0936. The average molecular weight is 327 g/mol. The topological polar surface area (TPSA) is 85.1 Å². The number of Topliss-reactive ketones (excluding diaryl/α,β-unsaturated/α-hetero) is 1.